The number of thiazole rings is 1. The van der Waals surface area contributed by atoms with Crippen LogP contribution in [-0.4, -0.2) is 82.7 Å². The van der Waals surface area contributed by atoms with Crippen molar-refractivity contribution < 1.29 is 37.1 Å². The SMILES string of the molecule is CC(C)(C)OC(=O)N[C@H]1CCCCCC=C[C@@H]2C[C@@]2(C(=O)NS(=O)(=O)C2(C)CC2)NC(=O)[C@@H]2C[C@@H](Oc3nc4ccc(Br)cc4s3)CN2C1=O. The van der Waals surface area contributed by atoms with E-state index in [1.54, 1.807) is 27.7 Å². The normalized spacial score (nSPS) is 28.4. The van der Waals surface area contributed by atoms with Gasteiger partial charge in [-0.3, -0.25) is 19.1 Å². The number of halogens is 1. The molecule has 13 nitrogen and oxygen atoms in total. The van der Waals surface area contributed by atoms with Gasteiger partial charge in [0.15, 0.2) is 0 Å². The monoisotopic (exact) mass is 793 g/mol. The van der Waals surface area contributed by atoms with Crippen LogP contribution in [0.3, 0.4) is 0 Å². The van der Waals surface area contributed by atoms with Crippen molar-refractivity contribution in [2.75, 3.05) is 6.54 Å². The number of carbonyl (C=O) groups excluding carboxylic acids is 4. The van der Waals surface area contributed by atoms with E-state index >= 15 is 0 Å². The highest BCUT2D eigenvalue weighted by atomic mass is 79.9. The molecule has 1 saturated heterocycles. The fraction of sp³-hybridized carbons (Fsp3) is 0.618. The van der Waals surface area contributed by atoms with Gasteiger partial charge in [-0.15, -0.1) is 0 Å². The molecule has 1 aromatic carbocycles. The molecule has 5 atom stereocenters. The average molecular weight is 795 g/mol. The van der Waals surface area contributed by atoms with Gasteiger partial charge in [0.25, 0.3) is 11.1 Å². The molecule has 0 bridgehead atoms. The van der Waals surface area contributed by atoms with Crippen molar-refractivity contribution in [1.82, 2.24) is 25.2 Å². The fourth-order valence-corrected chi connectivity index (χ4v) is 9.21. The summed E-state index contributed by atoms with van der Waals surface area (Å²) in [6.07, 6.45) is 6.89. The molecule has 1 aromatic heterocycles. The Morgan fingerprint density at radius 3 is 2.64 bits per heavy atom. The van der Waals surface area contributed by atoms with Crippen LogP contribution in [0.15, 0.2) is 34.8 Å². The Morgan fingerprint density at radius 2 is 1.92 bits per heavy atom. The molecule has 0 radical (unpaired) electrons. The Balaban J connectivity index is 1.29. The maximum Gasteiger partial charge on any atom is 0.408 e. The predicted molar refractivity (Wildman–Crippen MR) is 191 cm³/mol. The minimum absolute atomic E-state index is 0.0261. The van der Waals surface area contributed by atoms with Crippen molar-refractivity contribution in [1.29, 1.82) is 0 Å². The molecular weight excluding hydrogens is 750 g/mol. The second-order valence-corrected chi connectivity index (χ2v) is 19.1. The average Bonchev–Trinajstić information content (AvgIpc) is 3.83. The molecule has 3 fully saturated rings. The van der Waals surface area contributed by atoms with E-state index in [4.69, 9.17) is 9.47 Å². The third-order valence-corrected chi connectivity index (χ3v) is 13.3. The topological polar surface area (TPSA) is 173 Å². The predicted octanol–water partition coefficient (Wildman–Crippen LogP) is 4.69. The lowest BCUT2D eigenvalue weighted by atomic mass is 10.0. The number of hydrogen-bond acceptors (Lipinski definition) is 10. The van der Waals surface area contributed by atoms with Crippen LogP contribution in [0.1, 0.15) is 85.5 Å². The molecule has 2 aliphatic carbocycles. The van der Waals surface area contributed by atoms with Gasteiger partial charge in [-0.05, 0) is 84.4 Å². The van der Waals surface area contributed by atoms with Crippen LogP contribution in [0, 0.1) is 5.92 Å². The first-order valence-corrected chi connectivity index (χ1v) is 20.2. The second kappa shape index (κ2) is 13.7. The molecule has 3 heterocycles. The van der Waals surface area contributed by atoms with Crippen LogP contribution >= 0.6 is 27.3 Å². The zero-order valence-corrected chi connectivity index (χ0v) is 31.8. The van der Waals surface area contributed by atoms with Crippen LogP contribution in [0.4, 0.5) is 4.79 Å². The first-order valence-electron chi connectivity index (χ1n) is 17.1. The molecule has 2 saturated carbocycles. The van der Waals surface area contributed by atoms with E-state index in [1.165, 1.54) is 16.2 Å². The van der Waals surface area contributed by atoms with E-state index in [0.29, 0.717) is 37.3 Å². The molecular formula is C34H44BrN5O8S2. The van der Waals surface area contributed by atoms with Crippen LogP contribution in [0.5, 0.6) is 5.19 Å². The Kier molecular flexibility index (Phi) is 10.0. The van der Waals surface area contributed by atoms with Gasteiger partial charge in [0.1, 0.15) is 29.3 Å². The number of benzene rings is 1. The molecule has 2 aliphatic heterocycles. The Labute approximate surface area is 304 Å². The lowest BCUT2D eigenvalue weighted by Crippen LogP contribution is -2.58. The summed E-state index contributed by atoms with van der Waals surface area (Å²) in [5.74, 6) is -2.28. The quantitative estimate of drug-likeness (QED) is 0.351. The van der Waals surface area contributed by atoms with E-state index in [0.717, 1.165) is 27.5 Å². The number of ether oxygens (including phenoxy) is 2. The maximum absolute atomic E-state index is 14.3. The summed E-state index contributed by atoms with van der Waals surface area (Å²) >= 11 is 4.81. The van der Waals surface area contributed by atoms with E-state index in [-0.39, 0.29) is 19.4 Å². The number of aromatic nitrogens is 1. The molecule has 16 heteroatoms. The van der Waals surface area contributed by atoms with E-state index < -0.39 is 73.8 Å². The first kappa shape index (κ1) is 36.5. The van der Waals surface area contributed by atoms with Crippen LogP contribution in [-0.2, 0) is 29.1 Å². The largest absolute Gasteiger partial charge is 0.465 e. The van der Waals surface area contributed by atoms with Gasteiger partial charge >= 0.3 is 6.09 Å². The number of hydrogen-bond donors (Lipinski definition) is 3. The van der Waals surface area contributed by atoms with Crippen molar-refractivity contribution in [3.05, 3.63) is 34.8 Å². The van der Waals surface area contributed by atoms with Gasteiger partial charge in [-0.1, -0.05) is 52.3 Å². The van der Waals surface area contributed by atoms with Crippen LogP contribution in [0.2, 0.25) is 0 Å². The smallest absolute Gasteiger partial charge is 0.408 e. The fourth-order valence-electron chi connectivity index (χ4n) is 6.47. The van der Waals surface area contributed by atoms with Crippen molar-refractivity contribution >= 4 is 71.3 Å². The third kappa shape index (κ3) is 7.96. The summed E-state index contributed by atoms with van der Waals surface area (Å²) in [6.45, 7) is 6.81. The summed E-state index contributed by atoms with van der Waals surface area (Å²) in [5, 5.41) is 5.99. The number of nitrogens with zero attached hydrogens (tertiary/aromatic N) is 2. The highest BCUT2D eigenvalue weighted by molar-refractivity contribution is 9.10. The number of carbonyl (C=O) groups is 4. The first-order chi connectivity index (χ1) is 23.5. The summed E-state index contributed by atoms with van der Waals surface area (Å²) in [4.78, 5) is 61.2. The number of sulfonamides is 1. The minimum Gasteiger partial charge on any atom is -0.465 e. The van der Waals surface area contributed by atoms with E-state index in [2.05, 4.69) is 36.3 Å². The maximum atomic E-state index is 14.3. The van der Waals surface area contributed by atoms with E-state index in [9.17, 15) is 27.6 Å². The molecule has 4 amide bonds. The summed E-state index contributed by atoms with van der Waals surface area (Å²) < 4.78 is 40.9. The summed E-state index contributed by atoms with van der Waals surface area (Å²) in [5.41, 5.74) is -1.54. The van der Waals surface area contributed by atoms with Crippen molar-refractivity contribution in [2.45, 2.75) is 120 Å². The lowest BCUT2D eigenvalue weighted by molar-refractivity contribution is -0.141. The Morgan fingerprint density at radius 1 is 1.16 bits per heavy atom. The molecule has 4 aliphatic rings. The number of fused-ring (bicyclic) bond motifs is 3. The second-order valence-electron chi connectivity index (χ2n) is 15.0. The Hall–Kier alpha value is -3.24. The highest BCUT2D eigenvalue weighted by Gasteiger charge is 2.63. The zero-order valence-electron chi connectivity index (χ0n) is 28.6. The minimum atomic E-state index is -3.97. The highest BCUT2D eigenvalue weighted by Crippen LogP contribution is 2.47. The standard InChI is InChI=1S/C34H44BrN5O8S2/c1-32(2,3)48-30(44)36-24-11-9-7-5-6-8-10-20-18-34(20,29(43)39-50(45,46)33(4)14-15-33)38-27(41)25-17-22(19-40(25)28(24)42)47-31-37-23-13-12-21(35)16-26(23)49-31/h8,10,12-13,16,20,22,24-25H,5-7,9,11,14-15,17-19H2,1-4H3,(H,36,44)(H,38,41)(H,39,43)/t20-,22-,24+,25+,34-/m1/s1. The summed E-state index contributed by atoms with van der Waals surface area (Å²) in [6, 6.07) is 3.62. The summed E-state index contributed by atoms with van der Waals surface area (Å²) in [7, 11) is -3.97. The number of rotatable bonds is 6. The molecule has 6 rings (SSSR count). The lowest BCUT2D eigenvalue weighted by Gasteiger charge is -2.30. The Bertz CT molecular complexity index is 1820. The molecule has 272 valence electrons. The van der Waals surface area contributed by atoms with Gasteiger partial charge in [-0.2, -0.15) is 0 Å². The van der Waals surface area contributed by atoms with E-state index in [1.807, 2.05) is 30.4 Å². The zero-order chi connectivity index (χ0) is 36.1. The number of nitrogens with one attached hydrogen (secondary N) is 3. The van der Waals surface area contributed by atoms with Crippen LogP contribution < -0.4 is 20.1 Å². The van der Waals surface area contributed by atoms with Gasteiger partial charge in [0.2, 0.25) is 21.8 Å². The molecule has 2 aromatic rings. The number of alkyl carbamates (subject to hydrolysis) is 1. The van der Waals surface area contributed by atoms with Crippen molar-refractivity contribution in [2.24, 2.45) is 5.92 Å². The van der Waals surface area contributed by atoms with Gasteiger partial charge in [0.05, 0.1) is 21.5 Å². The molecule has 3 N–H and O–H groups in total. The molecule has 0 unspecified atom stereocenters. The third-order valence-electron chi connectivity index (χ3n) is 9.76. The van der Waals surface area contributed by atoms with Gasteiger partial charge in [-0.25, -0.2) is 18.2 Å². The number of amides is 4. The number of allylic oxidation sites excluding steroid dienone is 1. The van der Waals surface area contributed by atoms with Crippen molar-refractivity contribution in [3.63, 3.8) is 0 Å². The van der Waals surface area contributed by atoms with Crippen molar-refractivity contribution in [3.8, 4) is 5.19 Å². The molecule has 0 spiro atoms. The molecule has 50 heavy (non-hydrogen) atoms. The van der Waals surface area contributed by atoms with Crippen LogP contribution in [0.25, 0.3) is 10.2 Å². The van der Waals surface area contributed by atoms with Gasteiger partial charge < -0.3 is 25.0 Å². The van der Waals surface area contributed by atoms with Gasteiger partial charge in [0, 0.05) is 16.8 Å².